The molecule has 0 aliphatic rings. The van der Waals surface area contributed by atoms with Crippen molar-refractivity contribution in [2.75, 3.05) is 24.6 Å². The number of hydrogen-bond acceptors (Lipinski definition) is 4. The number of rotatable bonds is 7. The van der Waals surface area contributed by atoms with Crippen molar-refractivity contribution in [1.29, 1.82) is 0 Å². The number of anilines is 1. The highest BCUT2D eigenvalue weighted by molar-refractivity contribution is 7.99. The van der Waals surface area contributed by atoms with Crippen LogP contribution in [0.5, 0.6) is 5.75 Å². The van der Waals surface area contributed by atoms with Crippen LogP contribution >= 0.6 is 11.8 Å². The van der Waals surface area contributed by atoms with E-state index in [0.717, 1.165) is 5.75 Å². The maximum atomic E-state index is 11.6. The summed E-state index contributed by atoms with van der Waals surface area (Å²) in [6, 6.07) is 17.1. The van der Waals surface area contributed by atoms with Crippen molar-refractivity contribution in [2.45, 2.75) is 4.90 Å². The van der Waals surface area contributed by atoms with Crippen molar-refractivity contribution in [3.05, 3.63) is 54.6 Å². The van der Waals surface area contributed by atoms with E-state index in [0.29, 0.717) is 18.0 Å². The summed E-state index contributed by atoms with van der Waals surface area (Å²) in [6.07, 6.45) is 0. The van der Waals surface area contributed by atoms with Crippen LogP contribution in [0.4, 0.5) is 5.69 Å². The molecule has 0 aliphatic carbocycles. The molecule has 3 N–H and O–H groups in total. The minimum atomic E-state index is -0.125. The number of hydrogen-bond donors (Lipinski definition) is 2. The second-order valence-corrected chi connectivity index (χ2v) is 5.54. The molecule has 1 amide bonds. The van der Waals surface area contributed by atoms with Crippen molar-refractivity contribution in [3.63, 3.8) is 0 Å². The van der Waals surface area contributed by atoms with Gasteiger partial charge >= 0.3 is 0 Å². The molecule has 0 saturated carbocycles. The van der Waals surface area contributed by atoms with Crippen LogP contribution < -0.4 is 15.8 Å². The number of carbonyl (C=O) groups excluding carboxylic acids is 1. The lowest BCUT2D eigenvalue weighted by atomic mass is 10.3. The van der Waals surface area contributed by atoms with E-state index >= 15 is 0 Å². The molecule has 0 bridgehead atoms. The van der Waals surface area contributed by atoms with Crippen LogP contribution in [0.15, 0.2) is 59.5 Å². The molecule has 2 rings (SSSR count). The van der Waals surface area contributed by atoms with Crippen LogP contribution in [0.25, 0.3) is 0 Å². The maximum Gasteiger partial charge on any atom is 0.257 e. The molecule has 0 saturated heterocycles. The van der Waals surface area contributed by atoms with Gasteiger partial charge in [0.15, 0.2) is 6.61 Å². The third-order valence-electron chi connectivity index (χ3n) is 2.69. The van der Waals surface area contributed by atoms with Gasteiger partial charge in [-0.05, 0) is 36.4 Å². The molecule has 0 atom stereocenters. The highest BCUT2D eigenvalue weighted by Crippen LogP contribution is 2.15. The fourth-order valence-electron chi connectivity index (χ4n) is 1.64. The van der Waals surface area contributed by atoms with Gasteiger partial charge in [-0.15, -0.1) is 11.8 Å². The van der Waals surface area contributed by atoms with E-state index in [2.05, 4.69) is 17.4 Å². The highest BCUT2D eigenvalue weighted by atomic mass is 32.2. The van der Waals surface area contributed by atoms with Gasteiger partial charge in [-0.2, -0.15) is 0 Å². The normalized spacial score (nSPS) is 10.1. The number of nitrogens with one attached hydrogen (secondary N) is 1. The fraction of sp³-hybridized carbons (Fsp3) is 0.188. The Labute approximate surface area is 128 Å². The van der Waals surface area contributed by atoms with Gasteiger partial charge in [-0.1, -0.05) is 18.2 Å². The topological polar surface area (TPSA) is 64.3 Å². The zero-order valence-corrected chi connectivity index (χ0v) is 12.4. The molecule has 0 fully saturated rings. The predicted octanol–water partition coefficient (Wildman–Crippen LogP) is 2.56. The lowest BCUT2D eigenvalue weighted by Gasteiger charge is -2.07. The van der Waals surface area contributed by atoms with Crippen LogP contribution in [-0.2, 0) is 4.79 Å². The van der Waals surface area contributed by atoms with Crippen molar-refractivity contribution >= 4 is 23.4 Å². The first kappa shape index (κ1) is 15.3. The Hall–Kier alpha value is -2.14. The number of ether oxygens (including phenoxy) is 1. The lowest BCUT2D eigenvalue weighted by molar-refractivity contribution is -0.122. The Morgan fingerprint density at radius 1 is 1.10 bits per heavy atom. The summed E-state index contributed by atoms with van der Waals surface area (Å²) < 4.78 is 5.36. The van der Waals surface area contributed by atoms with Gasteiger partial charge in [-0.3, -0.25) is 4.79 Å². The molecule has 4 nitrogen and oxygen atoms in total. The zero-order chi connectivity index (χ0) is 14.9. The largest absolute Gasteiger partial charge is 0.484 e. The molecule has 21 heavy (non-hydrogen) atoms. The SMILES string of the molecule is Nc1ccc(OCC(=O)NCCSc2ccccc2)cc1. The minimum Gasteiger partial charge on any atom is -0.484 e. The van der Waals surface area contributed by atoms with Crippen molar-refractivity contribution in [1.82, 2.24) is 5.32 Å². The van der Waals surface area contributed by atoms with Crippen LogP contribution in [0.2, 0.25) is 0 Å². The van der Waals surface area contributed by atoms with Gasteiger partial charge < -0.3 is 15.8 Å². The molecule has 0 radical (unpaired) electrons. The zero-order valence-electron chi connectivity index (χ0n) is 11.6. The minimum absolute atomic E-state index is 0.0138. The molecule has 0 heterocycles. The second-order valence-electron chi connectivity index (χ2n) is 4.37. The first-order valence-electron chi connectivity index (χ1n) is 6.67. The van der Waals surface area contributed by atoms with E-state index in [4.69, 9.17) is 10.5 Å². The molecular weight excluding hydrogens is 284 g/mol. The van der Waals surface area contributed by atoms with Crippen molar-refractivity contribution in [2.24, 2.45) is 0 Å². The quantitative estimate of drug-likeness (QED) is 0.469. The van der Waals surface area contributed by atoms with Gasteiger partial charge in [0.25, 0.3) is 5.91 Å². The summed E-state index contributed by atoms with van der Waals surface area (Å²) in [5, 5.41) is 2.83. The number of amides is 1. The Morgan fingerprint density at radius 2 is 1.81 bits per heavy atom. The summed E-state index contributed by atoms with van der Waals surface area (Å²) in [5.41, 5.74) is 6.25. The maximum absolute atomic E-state index is 11.6. The van der Waals surface area contributed by atoms with E-state index in [1.807, 2.05) is 18.2 Å². The number of carbonyl (C=O) groups is 1. The Balaban J connectivity index is 1.60. The summed E-state index contributed by atoms with van der Waals surface area (Å²) >= 11 is 1.71. The van der Waals surface area contributed by atoms with Gasteiger partial charge in [0.05, 0.1) is 0 Å². The summed E-state index contributed by atoms with van der Waals surface area (Å²) in [4.78, 5) is 12.8. The first-order chi connectivity index (χ1) is 10.2. The van der Waals surface area contributed by atoms with Gasteiger partial charge in [0.2, 0.25) is 0 Å². The third-order valence-corrected chi connectivity index (χ3v) is 3.70. The number of nitrogen functional groups attached to an aromatic ring is 1. The monoisotopic (exact) mass is 302 g/mol. The Morgan fingerprint density at radius 3 is 2.52 bits per heavy atom. The number of benzene rings is 2. The lowest BCUT2D eigenvalue weighted by Crippen LogP contribution is -2.30. The first-order valence-corrected chi connectivity index (χ1v) is 7.65. The summed E-state index contributed by atoms with van der Waals surface area (Å²) in [5.74, 6) is 1.34. The Kier molecular flexibility index (Phi) is 5.97. The van der Waals surface area contributed by atoms with Crippen LogP contribution in [-0.4, -0.2) is 24.8 Å². The van der Waals surface area contributed by atoms with Gasteiger partial charge in [0.1, 0.15) is 5.75 Å². The van der Waals surface area contributed by atoms with Crippen LogP contribution in [0.1, 0.15) is 0 Å². The molecule has 5 heteroatoms. The third kappa shape index (κ3) is 5.79. The molecular formula is C16H18N2O2S. The standard InChI is InChI=1S/C16H18N2O2S/c17-13-6-8-14(9-7-13)20-12-16(19)18-10-11-21-15-4-2-1-3-5-15/h1-9H,10-12,17H2,(H,18,19). The van der Waals surface area contributed by atoms with Gasteiger partial charge in [-0.25, -0.2) is 0 Å². The molecule has 0 aromatic heterocycles. The number of thioether (sulfide) groups is 1. The van der Waals surface area contributed by atoms with E-state index in [1.54, 1.807) is 36.0 Å². The fourth-order valence-corrected chi connectivity index (χ4v) is 2.43. The molecule has 0 spiro atoms. The van der Waals surface area contributed by atoms with E-state index in [9.17, 15) is 4.79 Å². The van der Waals surface area contributed by atoms with Crippen molar-refractivity contribution in [3.8, 4) is 5.75 Å². The summed E-state index contributed by atoms with van der Waals surface area (Å²) in [6.45, 7) is 0.628. The molecule has 110 valence electrons. The van der Waals surface area contributed by atoms with Crippen LogP contribution in [0, 0.1) is 0 Å². The predicted molar refractivity (Wildman–Crippen MR) is 86.5 cm³/mol. The van der Waals surface area contributed by atoms with E-state index < -0.39 is 0 Å². The van der Waals surface area contributed by atoms with Crippen molar-refractivity contribution < 1.29 is 9.53 Å². The highest BCUT2D eigenvalue weighted by Gasteiger charge is 2.02. The second kappa shape index (κ2) is 8.21. The Bertz CT molecular complexity index is 558. The molecule has 2 aromatic carbocycles. The molecule has 0 aliphatic heterocycles. The average Bonchev–Trinajstić information content (AvgIpc) is 2.52. The smallest absolute Gasteiger partial charge is 0.257 e. The van der Waals surface area contributed by atoms with E-state index in [1.165, 1.54) is 4.90 Å². The average molecular weight is 302 g/mol. The molecule has 0 unspecified atom stereocenters. The summed E-state index contributed by atoms with van der Waals surface area (Å²) in [7, 11) is 0. The number of nitrogens with two attached hydrogens (primary N) is 1. The van der Waals surface area contributed by atoms with Gasteiger partial charge in [0, 0.05) is 22.9 Å². The van der Waals surface area contributed by atoms with E-state index in [-0.39, 0.29) is 12.5 Å². The molecule has 2 aromatic rings. The van der Waals surface area contributed by atoms with Crippen LogP contribution in [0.3, 0.4) is 0 Å².